The van der Waals surface area contributed by atoms with Crippen molar-refractivity contribution in [3.8, 4) is 0 Å². The molecule has 1 atom stereocenters. The minimum atomic E-state index is -0.305. The van der Waals surface area contributed by atoms with E-state index in [4.69, 9.17) is 14.4 Å². The van der Waals surface area contributed by atoms with E-state index in [1.807, 2.05) is 19.2 Å². The van der Waals surface area contributed by atoms with E-state index in [1.165, 1.54) is 11.3 Å². The molecule has 0 radical (unpaired) electrons. The molecule has 0 spiro atoms. The van der Waals surface area contributed by atoms with Crippen LogP contribution < -0.4 is 10.2 Å². The van der Waals surface area contributed by atoms with E-state index in [0.717, 1.165) is 29.9 Å². The number of rotatable bonds is 6. The van der Waals surface area contributed by atoms with Gasteiger partial charge in [-0.05, 0) is 26.7 Å². The fraction of sp³-hybridized carbons (Fsp3) is 0.471. The van der Waals surface area contributed by atoms with Gasteiger partial charge in [0.2, 0.25) is 11.8 Å². The maximum absolute atomic E-state index is 12.3. The zero-order valence-electron chi connectivity index (χ0n) is 15.2. The van der Waals surface area contributed by atoms with Crippen molar-refractivity contribution in [2.75, 3.05) is 18.0 Å². The fourth-order valence-corrected chi connectivity index (χ4v) is 3.57. The molecule has 3 heterocycles. The third-order valence-corrected chi connectivity index (χ3v) is 5.02. The lowest BCUT2D eigenvalue weighted by Crippen LogP contribution is -2.33. The number of hydrogen-bond acceptors (Lipinski definition) is 7. The lowest BCUT2D eigenvalue weighted by atomic mass is 10.1. The molecule has 3 rings (SSSR count). The molecule has 0 saturated carbocycles. The molecule has 0 aliphatic carbocycles. The molecule has 2 aromatic rings. The first-order valence-electron chi connectivity index (χ1n) is 8.45. The molecule has 1 fully saturated rings. The molecule has 2 N–H and O–H groups in total. The molecule has 27 heavy (non-hydrogen) atoms. The normalized spacial score (nSPS) is 16.0. The predicted octanol–water partition coefficient (Wildman–Crippen LogP) is 1.55. The Kier molecular flexibility index (Phi) is 7.47. The van der Waals surface area contributed by atoms with Gasteiger partial charge in [0.05, 0.1) is 11.6 Å². The average Bonchev–Trinajstić information content (AvgIpc) is 3.35. The minimum absolute atomic E-state index is 0.0409. The number of amides is 2. The molecule has 0 bridgehead atoms. The van der Waals surface area contributed by atoms with Crippen molar-refractivity contribution in [2.45, 2.75) is 33.1 Å². The molecule has 10 heteroatoms. The number of carbonyl (C=O) groups is 3. The van der Waals surface area contributed by atoms with Crippen molar-refractivity contribution in [1.82, 2.24) is 15.5 Å². The largest absolute Gasteiger partial charge is 0.483 e. The van der Waals surface area contributed by atoms with E-state index < -0.39 is 0 Å². The topological polar surface area (TPSA) is 126 Å². The molecular weight excluding hydrogens is 372 g/mol. The molecule has 146 valence electrons. The zero-order valence-corrected chi connectivity index (χ0v) is 16.0. The smallest absolute Gasteiger partial charge is 0.290 e. The van der Waals surface area contributed by atoms with Crippen LogP contribution in [0.2, 0.25) is 0 Å². The number of carbonyl (C=O) groups excluding carboxylic acids is 2. The highest BCUT2D eigenvalue weighted by atomic mass is 32.1. The predicted molar refractivity (Wildman–Crippen MR) is 98.6 cm³/mol. The van der Waals surface area contributed by atoms with E-state index in [9.17, 15) is 9.59 Å². The quantitative estimate of drug-likeness (QED) is 0.562. The van der Waals surface area contributed by atoms with Crippen LogP contribution in [0.5, 0.6) is 0 Å². The number of aromatic nitrogens is 2. The Balaban J connectivity index is 0.000000817. The molecule has 2 aromatic heterocycles. The van der Waals surface area contributed by atoms with Gasteiger partial charge in [-0.3, -0.25) is 19.3 Å². The van der Waals surface area contributed by atoms with E-state index in [1.54, 1.807) is 11.1 Å². The van der Waals surface area contributed by atoms with Gasteiger partial charge in [-0.15, -0.1) is 11.3 Å². The molecule has 1 aliphatic heterocycles. The van der Waals surface area contributed by atoms with Gasteiger partial charge in [-0.25, -0.2) is 4.98 Å². The van der Waals surface area contributed by atoms with E-state index >= 15 is 0 Å². The van der Waals surface area contributed by atoms with Crippen LogP contribution in [0.4, 0.5) is 5.13 Å². The van der Waals surface area contributed by atoms with Crippen molar-refractivity contribution >= 4 is 34.8 Å². The molecule has 1 unspecified atom stereocenters. The van der Waals surface area contributed by atoms with Crippen molar-refractivity contribution in [2.24, 2.45) is 5.92 Å². The summed E-state index contributed by atoms with van der Waals surface area (Å²) in [7, 11) is 0. The highest BCUT2D eigenvalue weighted by Gasteiger charge is 2.35. The Hall–Kier alpha value is -2.75. The number of aryl methyl sites for hydroxylation is 2. The van der Waals surface area contributed by atoms with Crippen LogP contribution >= 0.6 is 11.3 Å². The monoisotopic (exact) mass is 394 g/mol. The summed E-state index contributed by atoms with van der Waals surface area (Å²) in [4.78, 5) is 38.4. The number of anilines is 1. The fourth-order valence-electron chi connectivity index (χ4n) is 2.90. The Labute approximate surface area is 160 Å². The van der Waals surface area contributed by atoms with Gasteiger partial charge >= 0.3 is 0 Å². The molecule has 2 amide bonds. The summed E-state index contributed by atoms with van der Waals surface area (Å²) < 4.78 is 5.13. The third kappa shape index (κ3) is 5.36. The van der Waals surface area contributed by atoms with Gasteiger partial charge in [0.25, 0.3) is 6.47 Å². The lowest BCUT2D eigenvalue weighted by Gasteiger charge is -2.13. The summed E-state index contributed by atoms with van der Waals surface area (Å²) >= 11 is 1.41. The van der Waals surface area contributed by atoms with Crippen LogP contribution in [-0.4, -0.2) is 46.6 Å². The highest BCUT2D eigenvalue weighted by Crippen LogP contribution is 2.26. The summed E-state index contributed by atoms with van der Waals surface area (Å²) in [6, 6.07) is 0. The number of thiazole rings is 1. The van der Waals surface area contributed by atoms with E-state index in [0.29, 0.717) is 18.2 Å². The molecule has 9 nitrogen and oxygen atoms in total. The molecule has 0 aromatic carbocycles. The summed E-state index contributed by atoms with van der Waals surface area (Å²) in [5.41, 5.74) is 2.01. The van der Waals surface area contributed by atoms with E-state index in [2.05, 4.69) is 15.5 Å². The van der Waals surface area contributed by atoms with Crippen molar-refractivity contribution in [3.05, 3.63) is 28.6 Å². The van der Waals surface area contributed by atoms with Gasteiger partial charge in [0, 0.05) is 36.7 Å². The first kappa shape index (κ1) is 20.6. The molecule has 1 saturated heterocycles. The standard InChI is InChI=1S/C16H20N4O3S.CH2O2/c1-10-13(11(2)23-19-10)4-3-5-17-15(22)12-8-14(21)20(9-12)16-18-6-7-24-16;2-1-3/h6-7,12H,3-5,8-9H2,1-2H3,(H,17,22);1H,(H,2,3). The minimum Gasteiger partial charge on any atom is -0.483 e. The van der Waals surface area contributed by atoms with Gasteiger partial charge in [-0.1, -0.05) is 5.16 Å². The number of nitrogens with one attached hydrogen (secondary N) is 1. The number of hydrogen-bond donors (Lipinski definition) is 2. The van der Waals surface area contributed by atoms with Crippen LogP contribution in [0.3, 0.4) is 0 Å². The Bertz CT molecular complexity index is 755. The summed E-state index contributed by atoms with van der Waals surface area (Å²) in [6.07, 6.45) is 3.53. The molecule has 1 aliphatic rings. The first-order valence-corrected chi connectivity index (χ1v) is 9.33. The summed E-state index contributed by atoms with van der Waals surface area (Å²) in [5.74, 6) is 0.418. The number of nitrogens with zero attached hydrogens (tertiary/aromatic N) is 3. The second-order valence-electron chi connectivity index (χ2n) is 6.02. The van der Waals surface area contributed by atoms with Gasteiger partial charge in [0.15, 0.2) is 5.13 Å². The van der Waals surface area contributed by atoms with Gasteiger partial charge in [0.1, 0.15) is 5.76 Å². The van der Waals surface area contributed by atoms with Crippen LogP contribution in [0.25, 0.3) is 0 Å². The summed E-state index contributed by atoms with van der Waals surface area (Å²) in [6.45, 7) is 4.54. The third-order valence-electron chi connectivity index (χ3n) is 4.23. The Morgan fingerprint density at radius 2 is 2.26 bits per heavy atom. The van der Waals surface area contributed by atoms with Crippen LogP contribution in [0.15, 0.2) is 16.1 Å². The second kappa shape index (κ2) is 9.81. The van der Waals surface area contributed by atoms with Gasteiger partial charge < -0.3 is 14.9 Å². The maximum Gasteiger partial charge on any atom is 0.290 e. The first-order chi connectivity index (χ1) is 13.0. The average molecular weight is 394 g/mol. The number of carboxylic acid groups (broad SMARTS) is 1. The zero-order chi connectivity index (χ0) is 19.8. The maximum atomic E-state index is 12.3. The summed E-state index contributed by atoms with van der Waals surface area (Å²) in [5, 5.41) is 16.2. The second-order valence-corrected chi connectivity index (χ2v) is 6.90. The SMILES string of the molecule is Cc1noc(C)c1CCCNC(=O)C1CC(=O)N(c2nccs2)C1.O=CO. The van der Waals surface area contributed by atoms with Crippen molar-refractivity contribution in [3.63, 3.8) is 0 Å². The van der Waals surface area contributed by atoms with Crippen LogP contribution in [0, 0.1) is 19.8 Å². The Morgan fingerprint density at radius 3 is 2.85 bits per heavy atom. The van der Waals surface area contributed by atoms with E-state index in [-0.39, 0.29) is 30.6 Å². The van der Waals surface area contributed by atoms with Crippen LogP contribution in [-0.2, 0) is 20.8 Å². The van der Waals surface area contributed by atoms with Gasteiger partial charge in [-0.2, -0.15) is 0 Å². The molecular formula is C17H22N4O5S. The van der Waals surface area contributed by atoms with Crippen LogP contribution in [0.1, 0.15) is 29.9 Å². The Morgan fingerprint density at radius 1 is 1.52 bits per heavy atom. The van der Waals surface area contributed by atoms with Crippen molar-refractivity contribution < 1.29 is 24.0 Å². The van der Waals surface area contributed by atoms with Crippen molar-refractivity contribution in [1.29, 1.82) is 0 Å². The lowest BCUT2D eigenvalue weighted by molar-refractivity contribution is -0.126. The highest BCUT2D eigenvalue weighted by molar-refractivity contribution is 7.13.